The van der Waals surface area contributed by atoms with Crippen molar-refractivity contribution in [1.29, 1.82) is 0 Å². The zero-order chi connectivity index (χ0) is 17.2. The fourth-order valence-electron chi connectivity index (χ4n) is 3.55. The third-order valence-electron chi connectivity index (χ3n) is 4.90. The molecule has 1 aliphatic rings. The number of hydrogen-bond acceptors (Lipinski definition) is 4. The molecule has 0 aliphatic carbocycles. The van der Waals surface area contributed by atoms with Gasteiger partial charge in [0.05, 0.1) is 18.8 Å². The molecule has 4 heteroatoms. The number of hydrogen-bond donors (Lipinski definition) is 2. The van der Waals surface area contributed by atoms with E-state index in [1.807, 2.05) is 13.8 Å². The average molecular weight is 311 g/mol. The first-order valence-corrected chi connectivity index (χ1v) is 8.21. The molecule has 0 saturated carbocycles. The summed E-state index contributed by atoms with van der Waals surface area (Å²) in [4.78, 5) is 2.28. The zero-order valence-electron chi connectivity index (χ0n) is 15.0. The smallest absolute Gasteiger partial charge is 0.125 e. The van der Waals surface area contributed by atoms with Gasteiger partial charge in [0.1, 0.15) is 5.60 Å². The van der Waals surface area contributed by atoms with Gasteiger partial charge in [0, 0.05) is 17.6 Å². The predicted molar refractivity (Wildman–Crippen MR) is 89.6 cm³/mol. The molecule has 4 nitrogen and oxygen atoms in total. The molecular formula is C18H33NO3. The number of aliphatic hydroxyl groups excluding tert-OH is 2. The molecule has 1 fully saturated rings. The molecule has 1 rings (SSSR count). The summed E-state index contributed by atoms with van der Waals surface area (Å²) in [5.41, 5.74) is -0.950. The zero-order valence-corrected chi connectivity index (χ0v) is 15.0. The first kappa shape index (κ1) is 19.4. The first-order chi connectivity index (χ1) is 9.96. The molecule has 1 saturated heterocycles. The Morgan fingerprint density at radius 1 is 1.32 bits per heavy atom. The number of β-amino-alcohol motifs (C(OH)–C–C–N with tert-alkyl or cyclic N) is 1. The Bertz CT molecular complexity index is 395. The molecule has 0 amide bonds. The predicted octanol–water partition coefficient (Wildman–Crippen LogP) is 2.18. The van der Waals surface area contributed by atoms with Crippen LogP contribution in [0.1, 0.15) is 60.8 Å². The average Bonchev–Trinajstić information content (AvgIpc) is 2.39. The quantitative estimate of drug-likeness (QED) is 0.738. The van der Waals surface area contributed by atoms with Crippen molar-refractivity contribution in [2.24, 2.45) is 0 Å². The van der Waals surface area contributed by atoms with Crippen LogP contribution in [0.25, 0.3) is 0 Å². The summed E-state index contributed by atoms with van der Waals surface area (Å²) in [7, 11) is 0. The van der Waals surface area contributed by atoms with Crippen molar-refractivity contribution in [1.82, 2.24) is 4.90 Å². The fraction of sp³-hybridized carbons (Fsp3) is 0.889. The Morgan fingerprint density at radius 2 is 1.82 bits per heavy atom. The summed E-state index contributed by atoms with van der Waals surface area (Å²) in [5, 5.41) is 20.5. The number of nitrogens with zero attached hydrogens (tertiary/aromatic N) is 1. The number of rotatable bonds is 6. The van der Waals surface area contributed by atoms with Crippen molar-refractivity contribution in [3.8, 4) is 12.3 Å². The Balaban J connectivity index is 2.70. The number of piperidine rings is 1. The maximum absolute atomic E-state index is 10.4. The van der Waals surface area contributed by atoms with Gasteiger partial charge >= 0.3 is 0 Å². The molecule has 0 aromatic carbocycles. The second-order valence-electron chi connectivity index (χ2n) is 7.99. The lowest BCUT2D eigenvalue weighted by Crippen LogP contribution is -2.63. The van der Waals surface area contributed by atoms with Crippen molar-refractivity contribution >= 4 is 0 Å². The summed E-state index contributed by atoms with van der Waals surface area (Å²) in [6.45, 7) is 13.0. The lowest BCUT2D eigenvalue weighted by Gasteiger charge is -2.55. The molecule has 2 atom stereocenters. The molecule has 22 heavy (non-hydrogen) atoms. The van der Waals surface area contributed by atoms with Crippen LogP contribution in [0.2, 0.25) is 0 Å². The van der Waals surface area contributed by atoms with E-state index in [0.29, 0.717) is 25.8 Å². The summed E-state index contributed by atoms with van der Waals surface area (Å²) < 4.78 is 5.73. The van der Waals surface area contributed by atoms with Crippen LogP contribution in [0.15, 0.2) is 0 Å². The van der Waals surface area contributed by atoms with E-state index in [1.165, 1.54) is 0 Å². The van der Waals surface area contributed by atoms with Gasteiger partial charge in [-0.15, -0.1) is 6.42 Å². The Kier molecular flexibility index (Phi) is 6.08. The van der Waals surface area contributed by atoms with Gasteiger partial charge < -0.3 is 14.9 Å². The first-order valence-electron chi connectivity index (χ1n) is 8.21. The molecule has 128 valence electrons. The fourth-order valence-corrected chi connectivity index (χ4v) is 3.55. The van der Waals surface area contributed by atoms with Gasteiger partial charge in [-0.05, 0) is 53.9 Å². The topological polar surface area (TPSA) is 52.9 Å². The monoisotopic (exact) mass is 311 g/mol. The van der Waals surface area contributed by atoms with Crippen LogP contribution in [0.4, 0.5) is 0 Å². The molecule has 1 aliphatic heterocycles. The lowest BCUT2D eigenvalue weighted by molar-refractivity contribution is -0.113. The minimum absolute atomic E-state index is 0.164. The molecule has 1 heterocycles. The minimum Gasteiger partial charge on any atom is -0.393 e. The maximum atomic E-state index is 10.4. The number of likely N-dealkylation sites (tertiary alicyclic amines) is 1. The van der Waals surface area contributed by atoms with Crippen molar-refractivity contribution in [2.45, 2.75) is 89.7 Å². The lowest BCUT2D eigenvalue weighted by atomic mass is 9.78. The molecule has 0 aromatic heterocycles. The van der Waals surface area contributed by atoms with Gasteiger partial charge in [-0.25, -0.2) is 0 Å². The summed E-state index contributed by atoms with van der Waals surface area (Å²) in [5.74, 6) is 2.65. The van der Waals surface area contributed by atoms with Crippen molar-refractivity contribution in [3.05, 3.63) is 0 Å². The van der Waals surface area contributed by atoms with Crippen LogP contribution >= 0.6 is 0 Å². The van der Waals surface area contributed by atoms with Crippen LogP contribution < -0.4 is 0 Å². The third kappa shape index (κ3) is 4.70. The Morgan fingerprint density at radius 3 is 2.23 bits per heavy atom. The van der Waals surface area contributed by atoms with Gasteiger partial charge in [0.25, 0.3) is 0 Å². The standard InChI is InChI=1S/C18H33NO3/c1-8-18(7,9-2)22-13-15(21)12-19-16(3,4)10-14(20)11-17(19,5)6/h1,14-15,20-21H,9-13H2,2-7H3/t15-,18-/m0/s1. The van der Waals surface area contributed by atoms with E-state index in [0.717, 1.165) is 0 Å². The van der Waals surface area contributed by atoms with E-state index in [9.17, 15) is 10.2 Å². The number of ether oxygens (including phenoxy) is 1. The highest BCUT2D eigenvalue weighted by atomic mass is 16.5. The van der Waals surface area contributed by atoms with Crippen molar-refractivity contribution < 1.29 is 14.9 Å². The number of aliphatic hydroxyl groups is 2. The molecule has 0 spiro atoms. The minimum atomic E-state index is -0.621. The second kappa shape index (κ2) is 6.88. The number of terminal acetylenes is 1. The molecule has 0 aromatic rings. The molecule has 0 bridgehead atoms. The highest BCUT2D eigenvalue weighted by Gasteiger charge is 2.45. The van der Waals surface area contributed by atoms with E-state index in [4.69, 9.17) is 11.2 Å². The highest BCUT2D eigenvalue weighted by molar-refractivity contribution is 5.05. The van der Waals surface area contributed by atoms with E-state index in [2.05, 4.69) is 38.5 Å². The maximum Gasteiger partial charge on any atom is 0.125 e. The van der Waals surface area contributed by atoms with Gasteiger partial charge in [0.15, 0.2) is 0 Å². The van der Waals surface area contributed by atoms with Crippen LogP contribution in [0, 0.1) is 12.3 Å². The highest BCUT2D eigenvalue weighted by Crippen LogP contribution is 2.38. The Hall–Kier alpha value is -0.600. The van der Waals surface area contributed by atoms with Gasteiger partial charge in [-0.3, -0.25) is 4.90 Å². The summed E-state index contributed by atoms with van der Waals surface area (Å²) in [6.07, 6.45) is 6.73. The van der Waals surface area contributed by atoms with E-state index in [-0.39, 0.29) is 23.8 Å². The van der Waals surface area contributed by atoms with Crippen LogP contribution in [-0.2, 0) is 4.74 Å². The largest absolute Gasteiger partial charge is 0.393 e. The Labute approximate surface area is 135 Å². The van der Waals surface area contributed by atoms with Crippen LogP contribution in [-0.4, -0.2) is 57.2 Å². The summed E-state index contributed by atoms with van der Waals surface area (Å²) >= 11 is 0. The van der Waals surface area contributed by atoms with Crippen molar-refractivity contribution in [2.75, 3.05) is 13.2 Å². The molecule has 2 N–H and O–H groups in total. The SMILES string of the molecule is C#C[C@@](C)(CC)OC[C@@H](O)CN1C(C)(C)CC(O)CC1(C)C. The normalized spacial score (nSPS) is 26.1. The van der Waals surface area contributed by atoms with E-state index in [1.54, 1.807) is 0 Å². The molecule has 0 unspecified atom stereocenters. The van der Waals surface area contributed by atoms with Crippen molar-refractivity contribution in [3.63, 3.8) is 0 Å². The second-order valence-corrected chi connectivity index (χ2v) is 7.99. The third-order valence-corrected chi connectivity index (χ3v) is 4.90. The van der Waals surface area contributed by atoms with Crippen LogP contribution in [0.3, 0.4) is 0 Å². The van der Waals surface area contributed by atoms with Crippen LogP contribution in [0.5, 0.6) is 0 Å². The molecular weight excluding hydrogens is 278 g/mol. The van der Waals surface area contributed by atoms with E-state index >= 15 is 0 Å². The van der Waals surface area contributed by atoms with E-state index < -0.39 is 11.7 Å². The van der Waals surface area contributed by atoms with Gasteiger partial charge in [0.2, 0.25) is 0 Å². The summed E-state index contributed by atoms with van der Waals surface area (Å²) in [6, 6.07) is 0. The van der Waals surface area contributed by atoms with Gasteiger partial charge in [-0.2, -0.15) is 0 Å². The van der Waals surface area contributed by atoms with Gasteiger partial charge in [-0.1, -0.05) is 12.8 Å². The molecule has 0 radical (unpaired) electrons.